The first-order valence-electron chi connectivity index (χ1n) is 8.32. The Kier molecular flexibility index (Phi) is 4.96. The van der Waals surface area contributed by atoms with Crippen LogP contribution in [0.25, 0.3) is 0 Å². The maximum absolute atomic E-state index is 12.1. The number of aromatic nitrogens is 2. The summed E-state index contributed by atoms with van der Waals surface area (Å²) in [6.07, 6.45) is 1.06. The van der Waals surface area contributed by atoms with E-state index in [1.54, 1.807) is 18.2 Å². The second-order valence-corrected chi connectivity index (χ2v) is 9.50. The van der Waals surface area contributed by atoms with Gasteiger partial charge in [-0.2, -0.15) is 0 Å². The average Bonchev–Trinajstić information content (AvgIpc) is 3.33. The highest BCUT2D eigenvalue weighted by molar-refractivity contribution is 7.99. The van der Waals surface area contributed by atoms with E-state index < -0.39 is 9.84 Å². The number of amides is 1. The summed E-state index contributed by atoms with van der Waals surface area (Å²) in [7, 11) is -2.93. The van der Waals surface area contributed by atoms with Crippen molar-refractivity contribution in [3.8, 4) is 11.5 Å². The van der Waals surface area contributed by atoms with Crippen LogP contribution in [0.2, 0.25) is 0 Å². The van der Waals surface area contributed by atoms with E-state index in [1.165, 1.54) is 0 Å². The molecule has 144 valence electrons. The average molecular weight is 411 g/mol. The highest BCUT2D eigenvalue weighted by atomic mass is 32.2. The predicted octanol–water partition coefficient (Wildman–Crippen LogP) is 1.51. The number of ether oxygens (including phenoxy) is 2. The van der Waals surface area contributed by atoms with Gasteiger partial charge >= 0.3 is 0 Å². The van der Waals surface area contributed by atoms with Crippen molar-refractivity contribution >= 4 is 33.2 Å². The van der Waals surface area contributed by atoms with E-state index in [0.29, 0.717) is 35.9 Å². The first-order chi connectivity index (χ1) is 13.0. The molecule has 1 aromatic carbocycles. The fourth-order valence-electron chi connectivity index (χ4n) is 2.96. The highest BCUT2D eigenvalue weighted by Gasteiger charge is 2.29. The van der Waals surface area contributed by atoms with E-state index in [-0.39, 0.29) is 41.1 Å². The minimum atomic E-state index is -2.93. The fraction of sp³-hybridized carbons (Fsp3) is 0.438. The van der Waals surface area contributed by atoms with Crippen molar-refractivity contribution in [2.45, 2.75) is 18.1 Å². The standard InChI is InChI=1S/C16H17N3O6S2/c20-14(17-11-1-2-12-13(6-11)24-9-23-12)7-26-16-19-18-15(25-16)5-10-3-4-27(21,22)8-10/h1-2,6,10H,3-5,7-9H2,(H,17,20). The Hall–Kier alpha value is -2.27. The third-order valence-electron chi connectivity index (χ3n) is 4.22. The van der Waals surface area contributed by atoms with E-state index in [0.717, 1.165) is 11.8 Å². The molecule has 27 heavy (non-hydrogen) atoms. The van der Waals surface area contributed by atoms with Gasteiger partial charge < -0.3 is 19.2 Å². The van der Waals surface area contributed by atoms with Crippen molar-refractivity contribution in [2.24, 2.45) is 5.92 Å². The molecule has 2 aliphatic rings. The molecule has 0 bridgehead atoms. The number of rotatable bonds is 6. The van der Waals surface area contributed by atoms with Gasteiger partial charge in [0.2, 0.25) is 18.6 Å². The van der Waals surface area contributed by atoms with Crippen LogP contribution in [0.15, 0.2) is 27.8 Å². The molecule has 3 heterocycles. The van der Waals surface area contributed by atoms with E-state index in [2.05, 4.69) is 15.5 Å². The molecule has 2 aliphatic heterocycles. The number of carbonyl (C=O) groups excluding carboxylic acids is 1. The quantitative estimate of drug-likeness (QED) is 0.705. The van der Waals surface area contributed by atoms with Gasteiger partial charge in [-0.3, -0.25) is 4.79 Å². The summed E-state index contributed by atoms with van der Waals surface area (Å²) < 4.78 is 39.0. The van der Waals surface area contributed by atoms with Crippen molar-refractivity contribution in [3.05, 3.63) is 24.1 Å². The number of nitrogens with zero attached hydrogens (tertiary/aromatic N) is 2. The molecule has 11 heteroatoms. The number of hydrogen-bond donors (Lipinski definition) is 1. The summed E-state index contributed by atoms with van der Waals surface area (Å²) in [4.78, 5) is 12.1. The largest absolute Gasteiger partial charge is 0.454 e. The third-order valence-corrected chi connectivity index (χ3v) is 6.88. The number of hydrogen-bond acceptors (Lipinski definition) is 9. The predicted molar refractivity (Wildman–Crippen MR) is 96.7 cm³/mol. The van der Waals surface area contributed by atoms with Gasteiger partial charge in [0.1, 0.15) is 0 Å². The SMILES string of the molecule is O=C(CSc1nnc(CC2CCS(=O)(=O)C2)o1)Nc1ccc2c(c1)OCO2. The molecule has 1 atom stereocenters. The molecule has 1 unspecified atom stereocenters. The molecule has 1 N–H and O–H groups in total. The van der Waals surface area contributed by atoms with E-state index in [4.69, 9.17) is 13.9 Å². The fourth-order valence-corrected chi connectivity index (χ4v) is 5.40. The molecule has 9 nitrogen and oxygen atoms in total. The number of sulfone groups is 1. The monoisotopic (exact) mass is 411 g/mol. The zero-order chi connectivity index (χ0) is 18.9. The number of fused-ring (bicyclic) bond motifs is 1. The Morgan fingerprint density at radius 3 is 2.93 bits per heavy atom. The summed E-state index contributed by atoms with van der Waals surface area (Å²) in [5, 5.41) is 10.9. The van der Waals surface area contributed by atoms with Crippen LogP contribution in [0.4, 0.5) is 5.69 Å². The maximum Gasteiger partial charge on any atom is 0.277 e. The summed E-state index contributed by atoms with van der Waals surface area (Å²) in [6.45, 7) is 0.175. The summed E-state index contributed by atoms with van der Waals surface area (Å²) in [5.74, 6) is 1.92. The van der Waals surface area contributed by atoms with Crippen molar-refractivity contribution in [2.75, 3.05) is 29.4 Å². The van der Waals surface area contributed by atoms with Crippen LogP contribution in [0.1, 0.15) is 12.3 Å². The van der Waals surface area contributed by atoms with Crippen molar-refractivity contribution < 1.29 is 27.1 Å². The Morgan fingerprint density at radius 2 is 2.11 bits per heavy atom. The zero-order valence-corrected chi connectivity index (χ0v) is 15.8. The van der Waals surface area contributed by atoms with Crippen molar-refractivity contribution in [3.63, 3.8) is 0 Å². The van der Waals surface area contributed by atoms with Gasteiger partial charge in [0.25, 0.3) is 5.22 Å². The van der Waals surface area contributed by atoms with Crippen LogP contribution in [-0.4, -0.2) is 48.6 Å². The molecule has 4 rings (SSSR count). The molecular formula is C16H17N3O6S2. The molecule has 1 fully saturated rings. The molecular weight excluding hydrogens is 394 g/mol. The molecule has 0 saturated carbocycles. The van der Waals surface area contributed by atoms with Gasteiger partial charge in [0.05, 0.1) is 17.3 Å². The topological polar surface area (TPSA) is 121 Å². The zero-order valence-electron chi connectivity index (χ0n) is 14.2. The maximum atomic E-state index is 12.1. The molecule has 1 amide bonds. The molecule has 2 aromatic rings. The Balaban J connectivity index is 1.26. The number of anilines is 1. The van der Waals surface area contributed by atoms with E-state index in [1.807, 2.05) is 0 Å². The van der Waals surface area contributed by atoms with Crippen LogP contribution in [0, 0.1) is 5.92 Å². The smallest absolute Gasteiger partial charge is 0.277 e. The van der Waals surface area contributed by atoms with Gasteiger partial charge in [-0.05, 0) is 24.5 Å². The normalized spacial score (nSPS) is 19.9. The summed E-state index contributed by atoms with van der Waals surface area (Å²) in [6, 6.07) is 5.17. The van der Waals surface area contributed by atoms with Crippen LogP contribution >= 0.6 is 11.8 Å². The first-order valence-corrected chi connectivity index (χ1v) is 11.1. The van der Waals surface area contributed by atoms with Crippen molar-refractivity contribution in [1.29, 1.82) is 0 Å². The lowest BCUT2D eigenvalue weighted by Crippen LogP contribution is -2.13. The van der Waals surface area contributed by atoms with Crippen LogP contribution < -0.4 is 14.8 Å². The van der Waals surface area contributed by atoms with Gasteiger partial charge in [-0.15, -0.1) is 10.2 Å². The van der Waals surface area contributed by atoms with Gasteiger partial charge in [-0.25, -0.2) is 8.42 Å². The lowest BCUT2D eigenvalue weighted by Gasteiger charge is -2.05. The van der Waals surface area contributed by atoms with Crippen LogP contribution in [0.3, 0.4) is 0 Å². The van der Waals surface area contributed by atoms with Gasteiger partial charge in [0, 0.05) is 18.2 Å². The summed E-state index contributed by atoms with van der Waals surface area (Å²) >= 11 is 1.13. The lowest BCUT2D eigenvalue weighted by atomic mass is 10.1. The van der Waals surface area contributed by atoms with E-state index >= 15 is 0 Å². The minimum absolute atomic E-state index is 0.0163. The third kappa shape index (κ3) is 4.53. The Bertz CT molecular complexity index is 959. The molecule has 0 aliphatic carbocycles. The van der Waals surface area contributed by atoms with Gasteiger partial charge in [0.15, 0.2) is 21.3 Å². The highest BCUT2D eigenvalue weighted by Crippen LogP contribution is 2.34. The first kappa shape index (κ1) is 18.1. The Morgan fingerprint density at radius 1 is 1.26 bits per heavy atom. The lowest BCUT2D eigenvalue weighted by molar-refractivity contribution is -0.113. The second-order valence-electron chi connectivity index (χ2n) is 6.34. The van der Waals surface area contributed by atoms with Gasteiger partial charge in [-0.1, -0.05) is 11.8 Å². The number of nitrogens with one attached hydrogen (secondary N) is 1. The Labute approximate surface area is 159 Å². The molecule has 0 spiro atoms. The number of carbonyl (C=O) groups is 1. The van der Waals surface area contributed by atoms with Crippen LogP contribution in [0.5, 0.6) is 11.5 Å². The molecule has 1 aromatic heterocycles. The molecule has 0 radical (unpaired) electrons. The van der Waals surface area contributed by atoms with Crippen LogP contribution in [-0.2, 0) is 21.1 Å². The number of thioether (sulfide) groups is 1. The minimum Gasteiger partial charge on any atom is -0.454 e. The molecule has 1 saturated heterocycles. The van der Waals surface area contributed by atoms with Crippen molar-refractivity contribution in [1.82, 2.24) is 10.2 Å². The van der Waals surface area contributed by atoms with E-state index in [9.17, 15) is 13.2 Å². The second kappa shape index (κ2) is 7.39. The number of benzene rings is 1. The summed E-state index contributed by atoms with van der Waals surface area (Å²) in [5.41, 5.74) is 0.610.